The fourth-order valence-electron chi connectivity index (χ4n) is 1.35. The Labute approximate surface area is 123 Å². The maximum absolute atomic E-state index is 11.8. The number of hydrogen-bond acceptors (Lipinski definition) is 1. The summed E-state index contributed by atoms with van der Waals surface area (Å²) in [7, 11) is 14.7. The van der Waals surface area contributed by atoms with Gasteiger partial charge in [0, 0.05) is 11.1 Å². The Morgan fingerprint density at radius 2 is 1.00 bits per heavy atom. The van der Waals surface area contributed by atoms with E-state index in [-0.39, 0.29) is 5.78 Å². The van der Waals surface area contributed by atoms with Crippen molar-refractivity contribution in [3.63, 3.8) is 0 Å². The molecule has 0 radical (unpaired) electrons. The predicted octanol–water partition coefficient (Wildman–Crippen LogP) is 4.98. The molecule has 0 atom stereocenters. The zero-order valence-electron chi connectivity index (χ0n) is 9.17. The van der Waals surface area contributed by atoms with E-state index < -0.39 is 11.2 Å². The molecule has 2 aromatic carbocycles. The van der Waals surface area contributed by atoms with Crippen molar-refractivity contribution < 1.29 is 16.0 Å². The molecule has 0 aliphatic carbocycles. The van der Waals surface area contributed by atoms with E-state index in [1.807, 2.05) is 60.7 Å². The van der Waals surface area contributed by atoms with Gasteiger partial charge in [-0.25, -0.2) is 0 Å². The molecule has 0 saturated carbocycles. The van der Waals surface area contributed by atoms with Crippen LogP contribution >= 0.6 is 30.3 Å². The Morgan fingerprint density at radius 3 is 1.28 bits per heavy atom. The van der Waals surface area contributed by atoms with Crippen LogP contribution in [0.3, 0.4) is 0 Å². The molecule has 0 amide bonds. The summed E-state index contributed by atoms with van der Waals surface area (Å²) < 4.78 is 0. The van der Waals surface area contributed by atoms with Gasteiger partial charge in [-0.05, 0) is 0 Å². The second-order valence-electron chi connectivity index (χ2n) is 3.21. The van der Waals surface area contributed by atoms with E-state index in [0.29, 0.717) is 0 Å². The standard InChI is InChI=1S/C13H10O.3ClH.Fe/c14-13(11-7-3-1-4-8-11)12-9-5-2-6-10-12;;;;/h1-10H;3*1H;/q;;;;+3/p-3. The van der Waals surface area contributed by atoms with Gasteiger partial charge in [0.2, 0.25) is 0 Å². The molecule has 2 aromatic rings. The second kappa shape index (κ2) is 8.58. The Morgan fingerprint density at radius 1 is 0.722 bits per heavy atom. The van der Waals surface area contributed by atoms with Crippen LogP contribution in [0, 0.1) is 0 Å². The molecule has 97 valence electrons. The number of ketones is 1. The van der Waals surface area contributed by atoms with Crippen LogP contribution in [0.2, 0.25) is 0 Å². The van der Waals surface area contributed by atoms with E-state index in [0.717, 1.165) is 11.1 Å². The Balaban J connectivity index is 0.000000357. The first kappa shape index (κ1) is 15.6. The van der Waals surface area contributed by atoms with Gasteiger partial charge in [0.15, 0.2) is 5.78 Å². The van der Waals surface area contributed by atoms with Crippen LogP contribution in [-0.4, -0.2) is 5.78 Å². The van der Waals surface area contributed by atoms with E-state index in [1.54, 1.807) is 0 Å². The molecule has 0 bridgehead atoms. The van der Waals surface area contributed by atoms with Gasteiger partial charge in [0.1, 0.15) is 0 Å². The van der Waals surface area contributed by atoms with E-state index in [2.05, 4.69) is 0 Å². The average molecular weight is 344 g/mol. The maximum atomic E-state index is 11.8. The molecule has 5 heteroatoms. The van der Waals surface area contributed by atoms with Gasteiger partial charge >= 0.3 is 41.5 Å². The van der Waals surface area contributed by atoms with Crippen molar-refractivity contribution in [3.8, 4) is 0 Å². The van der Waals surface area contributed by atoms with Crippen molar-refractivity contribution in [1.82, 2.24) is 0 Å². The molecule has 0 aliphatic heterocycles. The van der Waals surface area contributed by atoms with Gasteiger partial charge in [-0.15, -0.1) is 0 Å². The molecule has 0 saturated heterocycles. The topological polar surface area (TPSA) is 17.1 Å². The number of carbonyl (C=O) groups is 1. The molecule has 18 heavy (non-hydrogen) atoms. The Kier molecular flexibility index (Phi) is 7.41. The van der Waals surface area contributed by atoms with E-state index in [9.17, 15) is 4.79 Å². The van der Waals surface area contributed by atoms with Crippen LogP contribution < -0.4 is 0 Å². The van der Waals surface area contributed by atoms with E-state index >= 15 is 0 Å². The normalized spacial score (nSPS) is 10.1. The van der Waals surface area contributed by atoms with Gasteiger partial charge in [-0.2, -0.15) is 0 Å². The molecular formula is C13H10Cl3FeO. The zero-order chi connectivity index (χ0) is 13.4. The summed E-state index contributed by atoms with van der Waals surface area (Å²) in [6.45, 7) is 0. The van der Waals surface area contributed by atoms with Crippen LogP contribution in [0.15, 0.2) is 60.7 Å². The third kappa shape index (κ3) is 5.90. The molecule has 0 unspecified atom stereocenters. The first-order valence-corrected chi connectivity index (χ1v) is 9.48. The fourth-order valence-corrected chi connectivity index (χ4v) is 1.35. The van der Waals surface area contributed by atoms with Gasteiger partial charge < -0.3 is 0 Å². The molecule has 0 N–H and O–H groups in total. The average Bonchev–Trinajstić information content (AvgIpc) is 2.39. The summed E-state index contributed by atoms with van der Waals surface area (Å²) in [6, 6.07) is 18.6. The van der Waals surface area contributed by atoms with E-state index in [1.165, 1.54) is 0 Å². The zero-order valence-corrected chi connectivity index (χ0v) is 12.5. The minimum atomic E-state index is -1.33. The van der Waals surface area contributed by atoms with Gasteiger partial charge in [0.25, 0.3) is 0 Å². The molecule has 0 heterocycles. The number of rotatable bonds is 2. The number of halogens is 3. The monoisotopic (exact) mass is 343 g/mol. The van der Waals surface area contributed by atoms with Gasteiger partial charge in [0.05, 0.1) is 0 Å². The molecule has 2 rings (SSSR count). The summed E-state index contributed by atoms with van der Waals surface area (Å²) in [5.41, 5.74) is 1.47. The van der Waals surface area contributed by atoms with Crippen LogP contribution in [0.25, 0.3) is 0 Å². The van der Waals surface area contributed by atoms with Crippen LogP contribution in [-0.2, 0) is 11.2 Å². The Hall–Kier alpha value is -0.501. The second-order valence-corrected chi connectivity index (χ2v) is 8.68. The fraction of sp³-hybridized carbons (Fsp3) is 0. The first-order valence-electron chi connectivity index (χ1n) is 4.93. The Bertz CT molecular complexity index is 430. The molecule has 0 aliphatic rings. The molecule has 0 aromatic heterocycles. The number of benzene rings is 2. The quantitative estimate of drug-likeness (QED) is 0.554. The van der Waals surface area contributed by atoms with E-state index in [4.69, 9.17) is 30.3 Å². The van der Waals surface area contributed by atoms with Crippen molar-refractivity contribution in [1.29, 1.82) is 0 Å². The van der Waals surface area contributed by atoms with Gasteiger partial charge in [-0.1, -0.05) is 60.7 Å². The van der Waals surface area contributed by atoms with Crippen molar-refractivity contribution in [2.75, 3.05) is 0 Å². The summed E-state index contributed by atoms with van der Waals surface area (Å²) in [4.78, 5) is 11.8. The van der Waals surface area contributed by atoms with Crippen molar-refractivity contribution in [2.45, 2.75) is 0 Å². The number of hydrogen-bond donors (Lipinski definition) is 0. The SMILES string of the molecule is O=C(c1ccccc1)c1ccccc1.[Cl][Fe]([Cl])[Cl]. The van der Waals surface area contributed by atoms with Crippen LogP contribution in [0.5, 0.6) is 0 Å². The van der Waals surface area contributed by atoms with Gasteiger partial charge in [-0.3, -0.25) is 4.79 Å². The predicted molar refractivity (Wildman–Crippen MR) is 73.9 cm³/mol. The third-order valence-corrected chi connectivity index (χ3v) is 2.07. The minimum absolute atomic E-state index is 0.0752. The molecule has 0 spiro atoms. The molecule has 0 fully saturated rings. The molecular weight excluding hydrogens is 334 g/mol. The van der Waals surface area contributed by atoms with Crippen molar-refractivity contribution >= 4 is 36.1 Å². The molecule has 1 nitrogen and oxygen atoms in total. The first-order chi connectivity index (χ1) is 8.61. The summed E-state index contributed by atoms with van der Waals surface area (Å²) in [5.74, 6) is 0.0752. The summed E-state index contributed by atoms with van der Waals surface area (Å²) >= 11 is -1.33. The van der Waals surface area contributed by atoms with Crippen molar-refractivity contribution in [3.05, 3.63) is 71.8 Å². The number of carbonyl (C=O) groups excluding carboxylic acids is 1. The summed E-state index contributed by atoms with van der Waals surface area (Å²) in [6.07, 6.45) is 0. The van der Waals surface area contributed by atoms with Crippen LogP contribution in [0.1, 0.15) is 15.9 Å². The van der Waals surface area contributed by atoms with Crippen LogP contribution in [0.4, 0.5) is 0 Å². The van der Waals surface area contributed by atoms with Crippen molar-refractivity contribution in [2.24, 2.45) is 0 Å². The third-order valence-electron chi connectivity index (χ3n) is 2.07. The summed E-state index contributed by atoms with van der Waals surface area (Å²) in [5, 5.41) is 0.